The molecule has 0 aliphatic heterocycles. The number of aryl methyl sites for hydroxylation is 1. The highest BCUT2D eigenvalue weighted by molar-refractivity contribution is 7.89. The molecule has 124 valence electrons. The predicted molar refractivity (Wildman–Crippen MR) is 93.2 cm³/mol. The van der Waals surface area contributed by atoms with Gasteiger partial charge in [0.25, 0.3) is 10.0 Å². The first-order valence-electron chi connectivity index (χ1n) is 7.41. The Morgan fingerprint density at radius 1 is 1.12 bits per heavy atom. The summed E-state index contributed by atoms with van der Waals surface area (Å²) in [5.41, 5.74) is 1.52. The molecule has 0 heterocycles. The number of benzene rings is 2. The number of hydrogen-bond acceptors (Lipinski definition) is 2. The monoisotopic (exact) mass is 343 g/mol. The van der Waals surface area contributed by atoms with Gasteiger partial charge < -0.3 is 0 Å². The van der Waals surface area contributed by atoms with E-state index in [1.165, 1.54) is 24.3 Å². The van der Waals surface area contributed by atoms with Gasteiger partial charge >= 0.3 is 0 Å². The lowest BCUT2D eigenvalue weighted by molar-refractivity contribution is 0.514. The van der Waals surface area contributed by atoms with E-state index in [9.17, 15) is 12.8 Å². The minimum atomic E-state index is -3.73. The van der Waals surface area contributed by atoms with Crippen molar-refractivity contribution < 1.29 is 12.8 Å². The van der Waals surface area contributed by atoms with E-state index in [0.717, 1.165) is 9.87 Å². The molecule has 0 bridgehead atoms. The fourth-order valence-corrected chi connectivity index (χ4v) is 3.19. The van der Waals surface area contributed by atoms with Gasteiger partial charge in [-0.3, -0.25) is 0 Å². The van der Waals surface area contributed by atoms with Crippen molar-refractivity contribution in [3.05, 3.63) is 78.1 Å². The number of hydrogen-bond donors (Lipinski definition) is 0. The third kappa shape index (κ3) is 4.46. The number of sulfonamides is 1. The summed E-state index contributed by atoms with van der Waals surface area (Å²) in [7, 11) is -3.73. The van der Waals surface area contributed by atoms with E-state index in [1.807, 2.05) is 6.92 Å². The van der Waals surface area contributed by atoms with Crippen molar-refractivity contribution in [2.24, 2.45) is 0 Å². The SMILES string of the molecule is C=CCCN(C#Cc1ccc(F)cc1)S(=O)(=O)c1ccc(C)cc1. The van der Waals surface area contributed by atoms with E-state index in [2.05, 4.69) is 18.5 Å². The van der Waals surface area contributed by atoms with E-state index in [-0.39, 0.29) is 17.3 Å². The Balaban J connectivity index is 2.35. The average molecular weight is 343 g/mol. The lowest BCUT2D eigenvalue weighted by Crippen LogP contribution is -2.27. The lowest BCUT2D eigenvalue weighted by atomic mass is 10.2. The molecule has 2 rings (SSSR count). The summed E-state index contributed by atoms with van der Waals surface area (Å²) in [6, 6.07) is 14.9. The van der Waals surface area contributed by atoms with Crippen LogP contribution in [0.3, 0.4) is 0 Å². The molecule has 0 saturated carbocycles. The van der Waals surface area contributed by atoms with Crippen molar-refractivity contribution in [2.75, 3.05) is 6.54 Å². The van der Waals surface area contributed by atoms with Gasteiger partial charge in [0.05, 0.1) is 4.90 Å². The molecule has 3 nitrogen and oxygen atoms in total. The smallest absolute Gasteiger partial charge is 0.224 e. The fourth-order valence-electron chi connectivity index (χ4n) is 1.94. The average Bonchev–Trinajstić information content (AvgIpc) is 2.56. The summed E-state index contributed by atoms with van der Waals surface area (Å²) in [5.74, 6) is 2.40. The molecular weight excluding hydrogens is 325 g/mol. The van der Waals surface area contributed by atoms with E-state index in [4.69, 9.17) is 0 Å². The van der Waals surface area contributed by atoms with Gasteiger partial charge in [-0.05, 0) is 55.7 Å². The highest BCUT2D eigenvalue weighted by Crippen LogP contribution is 2.16. The highest BCUT2D eigenvalue weighted by Gasteiger charge is 2.21. The van der Waals surface area contributed by atoms with Crippen LogP contribution in [0.1, 0.15) is 17.5 Å². The Labute approximate surface area is 142 Å². The Morgan fingerprint density at radius 3 is 2.33 bits per heavy atom. The first-order chi connectivity index (χ1) is 11.4. The van der Waals surface area contributed by atoms with Gasteiger partial charge in [-0.25, -0.2) is 17.1 Å². The van der Waals surface area contributed by atoms with E-state index in [1.54, 1.807) is 30.3 Å². The number of halogens is 1. The highest BCUT2D eigenvalue weighted by atomic mass is 32.2. The maximum atomic E-state index is 12.9. The largest absolute Gasteiger partial charge is 0.270 e. The van der Waals surface area contributed by atoms with Gasteiger partial charge in [0.2, 0.25) is 0 Å². The van der Waals surface area contributed by atoms with Crippen molar-refractivity contribution in [1.29, 1.82) is 0 Å². The van der Waals surface area contributed by atoms with Crippen LogP contribution in [0.2, 0.25) is 0 Å². The van der Waals surface area contributed by atoms with Crippen molar-refractivity contribution in [3.8, 4) is 12.0 Å². The minimum Gasteiger partial charge on any atom is -0.224 e. The van der Waals surface area contributed by atoms with Crippen molar-refractivity contribution in [2.45, 2.75) is 18.2 Å². The van der Waals surface area contributed by atoms with Gasteiger partial charge in [0.15, 0.2) is 0 Å². The van der Waals surface area contributed by atoms with Gasteiger partial charge in [0.1, 0.15) is 5.82 Å². The molecule has 0 aliphatic carbocycles. The molecule has 0 aromatic heterocycles. The Morgan fingerprint density at radius 2 is 1.75 bits per heavy atom. The zero-order valence-electron chi connectivity index (χ0n) is 13.4. The summed E-state index contributed by atoms with van der Waals surface area (Å²) in [6.07, 6.45) is 2.11. The van der Waals surface area contributed by atoms with Crippen LogP contribution in [-0.4, -0.2) is 19.3 Å². The Hall–Kier alpha value is -2.58. The van der Waals surface area contributed by atoms with Crippen LogP contribution in [0.25, 0.3) is 0 Å². The molecule has 0 fully saturated rings. The topological polar surface area (TPSA) is 37.4 Å². The molecule has 2 aromatic rings. The molecule has 5 heteroatoms. The van der Waals surface area contributed by atoms with Crippen molar-refractivity contribution >= 4 is 10.0 Å². The van der Waals surface area contributed by atoms with Crippen LogP contribution in [0.4, 0.5) is 4.39 Å². The Kier molecular flexibility index (Phi) is 5.78. The quantitative estimate of drug-likeness (QED) is 0.471. The van der Waals surface area contributed by atoms with E-state index < -0.39 is 10.0 Å². The molecule has 2 aromatic carbocycles. The summed E-state index contributed by atoms with van der Waals surface area (Å²) in [5, 5.41) is 0. The third-order valence-electron chi connectivity index (χ3n) is 3.31. The first kappa shape index (κ1) is 17.8. The first-order valence-corrected chi connectivity index (χ1v) is 8.85. The van der Waals surface area contributed by atoms with Crippen LogP contribution >= 0.6 is 0 Å². The summed E-state index contributed by atoms with van der Waals surface area (Å²) in [6.45, 7) is 5.71. The van der Waals surface area contributed by atoms with Crippen molar-refractivity contribution in [3.63, 3.8) is 0 Å². The maximum Gasteiger partial charge on any atom is 0.270 e. The molecule has 0 spiro atoms. The van der Waals surface area contributed by atoms with Crippen LogP contribution in [-0.2, 0) is 10.0 Å². The number of nitrogens with zero attached hydrogens (tertiary/aromatic N) is 1. The molecule has 0 radical (unpaired) electrons. The summed E-state index contributed by atoms with van der Waals surface area (Å²) >= 11 is 0. The van der Waals surface area contributed by atoms with Gasteiger partial charge in [0, 0.05) is 18.2 Å². The number of rotatable bonds is 5. The van der Waals surface area contributed by atoms with Crippen molar-refractivity contribution in [1.82, 2.24) is 4.31 Å². The second-order valence-corrected chi connectivity index (χ2v) is 7.07. The molecule has 24 heavy (non-hydrogen) atoms. The summed E-state index contributed by atoms with van der Waals surface area (Å²) in [4.78, 5) is 0.186. The van der Waals surface area contributed by atoms with Crippen LogP contribution < -0.4 is 0 Å². The lowest BCUT2D eigenvalue weighted by Gasteiger charge is -2.17. The second kappa shape index (κ2) is 7.80. The summed E-state index contributed by atoms with van der Waals surface area (Å²) < 4.78 is 39.5. The van der Waals surface area contributed by atoms with Gasteiger partial charge in [-0.15, -0.1) is 6.58 Å². The molecular formula is C19H18FNO2S. The van der Waals surface area contributed by atoms with Gasteiger partial charge in [-0.1, -0.05) is 23.8 Å². The molecule has 0 aliphatic rings. The standard InChI is InChI=1S/C19H18FNO2S/c1-3-4-14-21(15-13-17-7-9-18(20)10-8-17)24(22,23)19-11-5-16(2)6-12-19/h3,5-12H,1,4,14H2,2H3. The molecule has 0 N–H and O–H groups in total. The third-order valence-corrected chi connectivity index (χ3v) is 5.04. The van der Waals surface area contributed by atoms with Gasteiger partial charge in [-0.2, -0.15) is 0 Å². The predicted octanol–water partition coefficient (Wildman–Crippen LogP) is 3.71. The zero-order chi connectivity index (χ0) is 17.6. The fraction of sp³-hybridized carbons (Fsp3) is 0.158. The normalized spacial score (nSPS) is 10.6. The molecule has 0 saturated heterocycles. The maximum absolute atomic E-state index is 12.9. The second-order valence-electron chi connectivity index (χ2n) is 5.21. The van der Waals surface area contributed by atoms with E-state index >= 15 is 0 Å². The minimum absolute atomic E-state index is 0.186. The van der Waals surface area contributed by atoms with Crippen LogP contribution in [0.5, 0.6) is 0 Å². The molecule has 0 amide bonds. The van der Waals surface area contributed by atoms with E-state index in [0.29, 0.717) is 12.0 Å². The molecule has 0 atom stereocenters. The Bertz CT molecular complexity index is 860. The molecule has 0 unspecified atom stereocenters. The van der Waals surface area contributed by atoms with Crippen LogP contribution in [0, 0.1) is 24.7 Å². The zero-order valence-corrected chi connectivity index (χ0v) is 14.2. The van der Waals surface area contributed by atoms with Crippen LogP contribution in [0.15, 0.2) is 66.1 Å².